The van der Waals surface area contributed by atoms with Gasteiger partial charge in [-0.15, -0.1) is 0 Å². The van der Waals surface area contributed by atoms with Gasteiger partial charge in [0.2, 0.25) is 10.0 Å². The average molecular weight is 416 g/mol. The maximum absolute atomic E-state index is 13.0. The van der Waals surface area contributed by atoms with Gasteiger partial charge in [-0.05, 0) is 45.0 Å². The second-order valence-corrected chi connectivity index (χ2v) is 9.48. The Bertz CT molecular complexity index is 1010. The van der Waals surface area contributed by atoms with Gasteiger partial charge in [0.05, 0.1) is 22.9 Å². The van der Waals surface area contributed by atoms with Crippen molar-refractivity contribution in [3.63, 3.8) is 0 Å². The van der Waals surface area contributed by atoms with Gasteiger partial charge in [-0.2, -0.15) is 21.9 Å². The van der Waals surface area contributed by atoms with E-state index in [1.165, 1.54) is 30.3 Å². The van der Waals surface area contributed by atoms with Crippen molar-refractivity contribution in [3.05, 3.63) is 35.7 Å². The maximum atomic E-state index is 13.0. The minimum absolute atomic E-state index is 0.00309. The predicted molar refractivity (Wildman–Crippen MR) is 102 cm³/mol. The molecule has 0 fully saturated rings. The van der Waals surface area contributed by atoms with Gasteiger partial charge in [0, 0.05) is 13.1 Å². The van der Waals surface area contributed by atoms with Crippen LogP contribution in [0.3, 0.4) is 0 Å². The van der Waals surface area contributed by atoms with Crippen LogP contribution >= 0.6 is 0 Å². The van der Waals surface area contributed by atoms with Gasteiger partial charge in [-0.25, -0.2) is 8.42 Å². The highest BCUT2D eigenvalue weighted by Gasteiger charge is 2.32. The van der Waals surface area contributed by atoms with Crippen LogP contribution in [0.25, 0.3) is 0 Å². The van der Waals surface area contributed by atoms with E-state index in [1.54, 1.807) is 26.0 Å². The third-order valence-corrected chi connectivity index (χ3v) is 8.13. The molecule has 2 aromatic rings. The van der Waals surface area contributed by atoms with Crippen molar-refractivity contribution >= 4 is 20.0 Å². The predicted octanol–water partition coefficient (Wildman–Crippen LogP) is 2.17. The molecule has 0 aliphatic heterocycles. The van der Waals surface area contributed by atoms with Gasteiger partial charge >= 0.3 is 0 Å². The topological polar surface area (TPSA) is 98.6 Å². The van der Waals surface area contributed by atoms with Crippen LogP contribution in [0.15, 0.2) is 34.1 Å². The van der Waals surface area contributed by atoms with E-state index in [2.05, 4.69) is 5.10 Å². The highest BCUT2D eigenvalue weighted by Crippen LogP contribution is 2.27. The Balaban J connectivity index is 2.57. The maximum Gasteiger partial charge on any atom is 0.283 e. The first kappa shape index (κ1) is 21.4. The van der Waals surface area contributed by atoms with Crippen LogP contribution in [0.5, 0.6) is 5.75 Å². The van der Waals surface area contributed by atoms with Gasteiger partial charge in [0.25, 0.3) is 10.0 Å². The molecule has 150 valence electrons. The Kier molecular flexibility index (Phi) is 6.33. The Morgan fingerprint density at radius 3 is 2.04 bits per heavy atom. The summed E-state index contributed by atoms with van der Waals surface area (Å²) < 4.78 is 59.1. The third-order valence-electron chi connectivity index (χ3n) is 4.15. The standard InChI is InChI=1S/C17H25N3O5S2/c1-6-19(7-2)27(23,24)17-13(4)18-20(14(17)5)26(21,22)16-11-9-15(10-12-16)25-8-3/h9-12H,6-8H2,1-5H3. The van der Waals surface area contributed by atoms with Crippen LogP contribution in [0.2, 0.25) is 0 Å². The molecule has 0 atom stereocenters. The minimum Gasteiger partial charge on any atom is -0.494 e. The highest BCUT2D eigenvalue weighted by atomic mass is 32.2. The summed E-state index contributed by atoms with van der Waals surface area (Å²) in [5.74, 6) is 0.551. The van der Waals surface area contributed by atoms with E-state index in [0.29, 0.717) is 12.4 Å². The summed E-state index contributed by atoms with van der Waals surface area (Å²) in [7, 11) is -7.87. The van der Waals surface area contributed by atoms with Gasteiger partial charge in [0.15, 0.2) is 0 Å². The molecule has 0 unspecified atom stereocenters. The first-order valence-electron chi connectivity index (χ1n) is 8.66. The number of aromatic nitrogens is 2. The molecule has 0 aliphatic rings. The summed E-state index contributed by atoms with van der Waals surface area (Å²) in [6.07, 6.45) is 0. The lowest BCUT2D eigenvalue weighted by Crippen LogP contribution is -2.31. The molecule has 0 amide bonds. The monoisotopic (exact) mass is 415 g/mol. The van der Waals surface area contributed by atoms with E-state index >= 15 is 0 Å². The number of hydrogen-bond donors (Lipinski definition) is 0. The van der Waals surface area contributed by atoms with Crippen LogP contribution in [0.4, 0.5) is 0 Å². The van der Waals surface area contributed by atoms with Gasteiger partial charge < -0.3 is 4.74 Å². The van der Waals surface area contributed by atoms with Crippen LogP contribution < -0.4 is 4.74 Å². The van der Waals surface area contributed by atoms with Crippen molar-refractivity contribution in [1.82, 2.24) is 13.5 Å². The molecule has 1 heterocycles. The molecule has 27 heavy (non-hydrogen) atoms. The van der Waals surface area contributed by atoms with Crippen molar-refractivity contribution in [2.24, 2.45) is 0 Å². The molecule has 2 rings (SSSR count). The van der Waals surface area contributed by atoms with E-state index in [9.17, 15) is 16.8 Å². The van der Waals surface area contributed by atoms with E-state index in [-0.39, 0.29) is 34.3 Å². The van der Waals surface area contributed by atoms with Gasteiger partial charge in [0.1, 0.15) is 10.6 Å². The zero-order valence-corrected chi connectivity index (χ0v) is 17.8. The van der Waals surface area contributed by atoms with Crippen LogP contribution in [-0.4, -0.2) is 50.0 Å². The lowest BCUT2D eigenvalue weighted by molar-refractivity contribution is 0.340. The zero-order chi connectivity index (χ0) is 20.4. The van der Waals surface area contributed by atoms with Gasteiger partial charge in [-0.3, -0.25) is 0 Å². The molecule has 0 spiro atoms. The molecular weight excluding hydrogens is 390 g/mol. The van der Waals surface area contributed by atoms with Crippen molar-refractivity contribution in [3.8, 4) is 5.75 Å². The molecule has 0 saturated carbocycles. The summed E-state index contributed by atoms with van der Waals surface area (Å²) in [6, 6.07) is 5.93. The molecule has 0 saturated heterocycles. The summed E-state index contributed by atoms with van der Waals surface area (Å²) >= 11 is 0. The fraction of sp³-hybridized carbons (Fsp3) is 0.471. The lowest BCUT2D eigenvalue weighted by atomic mass is 10.3. The number of nitrogens with zero attached hydrogens (tertiary/aromatic N) is 3. The summed E-state index contributed by atoms with van der Waals surface area (Å²) in [5.41, 5.74) is 0.210. The molecule has 8 nitrogen and oxygen atoms in total. The summed E-state index contributed by atoms with van der Waals surface area (Å²) in [4.78, 5) is -0.0657. The molecule has 10 heteroatoms. The van der Waals surface area contributed by atoms with Gasteiger partial charge in [-0.1, -0.05) is 13.8 Å². The Hall–Kier alpha value is -1.91. The van der Waals surface area contributed by atoms with E-state index in [0.717, 1.165) is 4.09 Å². The van der Waals surface area contributed by atoms with Crippen LogP contribution in [0, 0.1) is 13.8 Å². The summed E-state index contributed by atoms with van der Waals surface area (Å²) in [6.45, 7) is 9.27. The largest absolute Gasteiger partial charge is 0.494 e. The SMILES string of the molecule is CCOc1ccc(S(=O)(=O)n2nc(C)c(S(=O)(=O)N(CC)CC)c2C)cc1. The second-order valence-electron chi connectivity index (χ2n) is 5.84. The Morgan fingerprint density at radius 2 is 1.56 bits per heavy atom. The number of aryl methyl sites for hydroxylation is 1. The molecule has 0 N–H and O–H groups in total. The third kappa shape index (κ3) is 3.87. The van der Waals surface area contributed by atoms with Crippen molar-refractivity contribution in [1.29, 1.82) is 0 Å². The van der Waals surface area contributed by atoms with Crippen LogP contribution in [-0.2, 0) is 20.0 Å². The molecule has 0 aliphatic carbocycles. The van der Waals surface area contributed by atoms with E-state index in [4.69, 9.17) is 4.74 Å². The normalized spacial score (nSPS) is 12.5. The quantitative estimate of drug-likeness (QED) is 0.655. The van der Waals surface area contributed by atoms with Crippen molar-refractivity contribution in [2.75, 3.05) is 19.7 Å². The smallest absolute Gasteiger partial charge is 0.283 e. The molecule has 0 radical (unpaired) electrons. The molecule has 1 aromatic heterocycles. The Labute approximate surface area is 160 Å². The molecule has 0 bridgehead atoms. The van der Waals surface area contributed by atoms with Crippen molar-refractivity contribution in [2.45, 2.75) is 44.4 Å². The van der Waals surface area contributed by atoms with Crippen LogP contribution in [0.1, 0.15) is 32.2 Å². The number of hydrogen-bond acceptors (Lipinski definition) is 6. The number of ether oxygens (including phenoxy) is 1. The zero-order valence-electron chi connectivity index (χ0n) is 16.1. The number of sulfonamides is 1. The van der Waals surface area contributed by atoms with E-state index in [1.807, 2.05) is 6.92 Å². The van der Waals surface area contributed by atoms with E-state index < -0.39 is 20.0 Å². The number of benzene rings is 1. The minimum atomic E-state index is -4.04. The number of rotatable bonds is 8. The fourth-order valence-electron chi connectivity index (χ4n) is 2.88. The first-order valence-corrected chi connectivity index (χ1v) is 11.5. The fourth-order valence-corrected chi connectivity index (χ4v) is 6.11. The van der Waals surface area contributed by atoms with Crippen molar-refractivity contribution < 1.29 is 21.6 Å². The first-order chi connectivity index (χ1) is 12.6. The highest BCUT2D eigenvalue weighted by molar-refractivity contribution is 7.90. The average Bonchev–Trinajstić information content (AvgIpc) is 2.92. The summed E-state index contributed by atoms with van der Waals surface area (Å²) in [5, 5.41) is 4.03. The lowest BCUT2D eigenvalue weighted by Gasteiger charge is -2.18. The Morgan fingerprint density at radius 1 is 1.00 bits per heavy atom. The molecule has 1 aromatic carbocycles. The second kappa shape index (κ2) is 7.99. The molecular formula is C17H25N3O5S2.